The molecule has 1 amide bonds. The lowest BCUT2D eigenvalue weighted by Gasteiger charge is -2.20. The molecule has 0 fully saturated rings. The van der Waals surface area contributed by atoms with E-state index >= 15 is 0 Å². The Morgan fingerprint density at radius 1 is 1.20 bits per heavy atom. The van der Waals surface area contributed by atoms with Crippen LogP contribution in [0.1, 0.15) is 39.3 Å². The molecule has 0 heterocycles. The first kappa shape index (κ1) is 16.5. The fourth-order valence-electron chi connectivity index (χ4n) is 1.85. The second kappa shape index (κ2) is 7.90. The standard InChI is InChI=1S/C16H26N2O2/c1-11(2)12(3)18-16(19)10-17-13(4)14-8-6-7-9-15(14)20-5/h6-9,11-13,17H,10H2,1-5H3,(H,18,19)/t12?,13-/m0/s1. The number of nitrogens with one attached hydrogen (secondary N) is 2. The molecule has 0 aliphatic carbocycles. The number of methoxy groups -OCH3 is 1. The third-order valence-corrected chi connectivity index (χ3v) is 3.56. The molecule has 0 aromatic heterocycles. The lowest BCUT2D eigenvalue weighted by Crippen LogP contribution is -2.41. The summed E-state index contributed by atoms with van der Waals surface area (Å²) in [6, 6.07) is 8.08. The largest absolute Gasteiger partial charge is 0.496 e. The van der Waals surface area contributed by atoms with Gasteiger partial charge in [-0.1, -0.05) is 32.0 Å². The van der Waals surface area contributed by atoms with Crippen molar-refractivity contribution in [2.75, 3.05) is 13.7 Å². The van der Waals surface area contributed by atoms with Crippen LogP contribution < -0.4 is 15.4 Å². The number of para-hydroxylation sites is 1. The van der Waals surface area contributed by atoms with Crippen molar-refractivity contribution in [1.29, 1.82) is 0 Å². The molecule has 1 unspecified atom stereocenters. The number of carbonyl (C=O) groups excluding carboxylic acids is 1. The number of benzene rings is 1. The topological polar surface area (TPSA) is 50.4 Å². The molecular weight excluding hydrogens is 252 g/mol. The molecule has 0 bridgehead atoms. The Bertz CT molecular complexity index is 432. The van der Waals surface area contributed by atoms with E-state index < -0.39 is 0 Å². The summed E-state index contributed by atoms with van der Waals surface area (Å²) >= 11 is 0. The molecule has 2 N–H and O–H groups in total. The molecule has 1 rings (SSSR count). The Morgan fingerprint density at radius 3 is 2.45 bits per heavy atom. The zero-order valence-electron chi connectivity index (χ0n) is 13.1. The van der Waals surface area contributed by atoms with Crippen molar-refractivity contribution in [3.63, 3.8) is 0 Å². The quantitative estimate of drug-likeness (QED) is 0.805. The number of hydrogen-bond acceptors (Lipinski definition) is 3. The van der Waals surface area contributed by atoms with Crippen LogP contribution in [0.3, 0.4) is 0 Å². The van der Waals surface area contributed by atoms with Crippen LogP contribution in [0.5, 0.6) is 5.75 Å². The third kappa shape index (κ3) is 4.85. The minimum Gasteiger partial charge on any atom is -0.496 e. The SMILES string of the molecule is COc1ccccc1[C@H](C)NCC(=O)NC(C)C(C)C. The first-order valence-corrected chi connectivity index (χ1v) is 7.11. The molecule has 4 nitrogen and oxygen atoms in total. The number of carbonyl (C=O) groups is 1. The molecule has 112 valence electrons. The van der Waals surface area contributed by atoms with E-state index in [1.165, 1.54) is 0 Å². The summed E-state index contributed by atoms with van der Waals surface area (Å²) in [6.45, 7) is 8.53. The van der Waals surface area contributed by atoms with E-state index in [1.807, 2.05) is 38.1 Å². The predicted octanol–water partition coefficient (Wildman–Crippen LogP) is 2.51. The highest BCUT2D eigenvalue weighted by Gasteiger charge is 2.14. The van der Waals surface area contributed by atoms with Crippen molar-refractivity contribution in [3.05, 3.63) is 29.8 Å². The molecule has 0 saturated carbocycles. The van der Waals surface area contributed by atoms with Gasteiger partial charge in [0.15, 0.2) is 0 Å². The van der Waals surface area contributed by atoms with E-state index in [4.69, 9.17) is 4.74 Å². The van der Waals surface area contributed by atoms with Gasteiger partial charge in [0.05, 0.1) is 13.7 Å². The number of rotatable bonds is 7. The molecule has 4 heteroatoms. The average molecular weight is 278 g/mol. The minimum absolute atomic E-state index is 0.0212. The molecular formula is C16H26N2O2. The van der Waals surface area contributed by atoms with Gasteiger partial charge in [-0.05, 0) is 25.8 Å². The van der Waals surface area contributed by atoms with Gasteiger partial charge in [0.2, 0.25) is 5.91 Å². The van der Waals surface area contributed by atoms with Crippen molar-refractivity contribution in [2.45, 2.75) is 39.8 Å². The Morgan fingerprint density at radius 2 is 1.85 bits per heavy atom. The zero-order chi connectivity index (χ0) is 15.1. The minimum atomic E-state index is 0.0212. The first-order chi connectivity index (χ1) is 9.45. The predicted molar refractivity (Wildman–Crippen MR) is 81.9 cm³/mol. The van der Waals surface area contributed by atoms with E-state index in [0.717, 1.165) is 11.3 Å². The molecule has 0 aliphatic heterocycles. The van der Waals surface area contributed by atoms with E-state index in [2.05, 4.69) is 24.5 Å². The van der Waals surface area contributed by atoms with Gasteiger partial charge in [0, 0.05) is 17.6 Å². The lowest BCUT2D eigenvalue weighted by atomic mass is 10.1. The highest BCUT2D eigenvalue weighted by molar-refractivity contribution is 5.78. The van der Waals surface area contributed by atoms with Gasteiger partial charge in [0.1, 0.15) is 5.75 Å². The van der Waals surface area contributed by atoms with Gasteiger partial charge in [-0.3, -0.25) is 4.79 Å². The van der Waals surface area contributed by atoms with Crippen LogP contribution in [0.2, 0.25) is 0 Å². The third-order valence-electron chi connectivity index (χ3n) is 3.56. The van der Waals surface area contributed by atoms with E-state index in [0.29, 0.717) is 12.5 Å². The van der Waals surface area contributed by atoms with Crippen molar-refractivity contribution in [3.8, 4) is 5.75 Å². The average Bonchev–Trinajstić information content (AvgIpc) is 2.44. The fourth-order valence-corrected chi connectivity index (χ4v) is 1.85. The van der Waals surface area contributed by atoms with Gasteiger partial charge < -0.3 is 15.4 Å². The molecule has 0 aliphatic rings. The summed E-state index contributed by atoms with van der Waals surface area (Å²) in [6.07, 6.45) is 0. The molecule has 2 atom stereocenters. The normalized spacial score (nSPS) is 13.9. The van der Waals surface area contributed by atoms with Gasteiger partial charge in [-0.25, -0.2) is 0 Å². The summed E-state index contributed by atoms with van der Waals surface area (Å²) in [4.78, 5) is 11.8. The maximum absolute atomic E-state index is 11.8. The second-order valence-corrected chi connectivity index (χ2v) is 5.44. The van der Waals surface area contributed by atoms with Gasteiger partial charge in [0.25, 0.3) is 0 Å². The van der Waals surface area contributed by atoms with E-state index in [1.54, 1.807) is 7.11 Å². The van der Waals surface area contributed by atoms with Crippen molar-refractivity contribution in [1.82, 2.24) is 10.6 Å². The Hall–Kier alpha value is -1.55. The summed E-state index contributed by atoms with van der Waals surface area (Å²) in [5, 5.41) is 6.21. The Balaban J connectivity index is 2.51. The van der Waals surface area contributed by atoms with Gasteiger partial charge >= 0.3 is 0 Å². The summed E-state index contributed by atoms with van der Waals surface area (Å²) in [5.41, 5.74) is 1.06. The van der Waals surface area contributed by atoms with Crippen molar-refractivity contribution in [2.24, 2.45) is 5.92 Å². The van der Waals surface area contributed by atoms with Crippen LogP contribution >= 0.6 is 0 Å². The zero-order valence-corrected chi connectivity index (χ0v) is 13.1. The highest BCUT2D eigenvalue weighted by Crippen LogP contribution is 2.23. The number of hydrogen-bond donors (Lipinski definition) is 2. The molecule has 20 heavy (non-hydrogen) atoms. The molecule has 0 saturated heterocycles. The van der Waals surface area contributed by atoms with Crippen LogP contribution in [0.25, 0.3) is 0 Å². The maximum Gasteiger partial charge on any atom is 0.234 e. The Kier molecular flexibility index (Phi) is 6.52. The molecule has 1 aromatic rings. The van der Waals surface area contributed by atoms with Crippen LogP contribution in [0, 0.1) is 5.92 Å². The van der Waals surface area contributed by atoms with Crippen LogP contribution in [0.15, 0.2) is 24.3 Å². The Labute approximate surface area is 121 Å². The summed E-state index contributed by atoms with van der Waals surface area (Å²) in [5.74, 6) is 1.29. The second-order valence-electron chi connectivity index (χ2n) is 5.44. The van der Waals surface area contributed by atoms with Crippen LogP contribution in [-0.4, -0.2) is 25.6 Å². The van der Waals surface area contributed by atoms with Crippen LogP contribution in [0.4, 0.5) is 0 Å². The molecule has 0 spiro atoms. The van der Waals surface area contributed by atoms with E-state index in [-0.39, 0.29) is 18.0 Å². The maximum atomic E-state index is 11.8. The summed E-state index contributed by atoms with van der Waals surface area (Å²) < 4.78 is 5.33. The van der Waals surface area contributed by atoms with Gasteiger partial charge in [-0.2, -0.15) is 0 Å². The van der Waals surface area contributed by atoms with E-state index in [9.17, 15) is 4.79 Å². The van der Waals surface area contributed by atoms with Crippen molar-refractivity contribution >= 4 is 5.91 Å². The molecule has 0 radical (unpaired) electrons. The number of ether oxygens (including phenoxy) is 1. The molecule has 1 aromatic carbocycles. The summed E-state index contributed by atoms with van der Waals surface area (Å²) in [7, 11) is 1.66. The highest BCUT2D eigenvalue weighted by atomic mass is 16.5. The van der Waals surface area contributed by atoms with Gasteiger partial charge in [-0.15, -0.1) is 0 Å². The monoisotopic (exact) mass is 278 g/mol. The lowest BCUT2D eigenvalue weighted by molar-refractivity contribution is -0.121. The van der Waals surface area contributed by atoms with Crippen molar-refractivity contribution < 1.29 is 9.53 Å². The number of amides is 1. The van der Waals surface area contributed by atoms with Crippen LogP contribution in [-0.2, 0) is 4.79 Å². The smallest absolute Gasteiger partial charge is 0.234 e. The first-order valence-electron chi connectivity index (χ1n) is 7.11. The fraction of sp³-hybridized carbons (Fsp3) is 0.562.